The monoisotopic (exact) mass is 426 g/mol. The fourth-order valence-corrected chi connectivity index (χ4v) is 4.11. The van der Waals surface area contributed by atoms with E-state index in [-0.39, 0.29) is 5.91 Å². The molecule has 8 nitrogen and oxygen atoms in total. The number of para-hydroxylation sites is 1. The van der Waals surface area contributed by atoms with Crippen LogP contribution < -0.4 is 15.8 Å². The molecule has 0 unspecified atom stereocenters. The molecule has 8 heteroatoms. The third-order valence-electron chi connectivity index (χ3n) is 5.73. The number of hydrogen-bond acceptors (Lipinski definition) is 5. The van der Waals surface area contributed by atoms with Gasteiger partial charge in [-0.05, 0) is 29.8 Å². The van der Waals surface area contributed by atoms with Crippen LogP contribution in [0.3, 0.4) is 0 Å². The SMILES string of the molecule is COc1cc(-c2cn(C)c3ncnc(N)c23)ccc1NC(=O)c1cc2ccccc2n1C. The van der Waals surface area contributed by atoms with Crippen molar-refractivity contribution in [2.24, 2.45) is 14.1 Å². The van der Waals surface area contributed by atoms with Crippen molar-refractivity contribution in [3.63, 3.8) is 0 Å². The molecule has 3 N–H and O–H groups in total. The summed E-state index contributed by atoms with van der Waals surface area (Å²) in [7, 11) is 5.37. The Kier molecular flexibility index (Phi) is 4.55. The molecule has 1 amide bonds. The Bertz CT molecular complexity index is 1500. The van der Waals surface area contributed by atoms with Gasteiger partial charge in [-0.15, -0.1) is 0 Å². The normalized spacial score (nSPS) is 11.2. The van der Waals surface area contributed by atoms with Gasteiger partial charge in [0.1, 0.15) is 29.2 Å². The summed E-state index contributed by atoms with van der Waals surface area (Å²) in [6, 6.07) is 15.4. The molecule has 3 heterocycles. The van der Waals surface area contributed by atoms with Crippen LogP contribution in [-0.2, 0) is 14.1 Å². The number of amides is 1. The van der Waals surface area contributed by atoms with Gasteiger partial charge in [-0.2, -0.15) is 0 Å². The Morgan fingerprint density at radius 1 is 1.09 bits per heavy atom. The van der Waals surface area contributed by atoms with E-state index in [9.17, 15) is 4.79 Å². The summed E-state index contributed by atoms with van der Waals surface area (Å²) in [4.78, 5) is 21.5. The van der Waals surface area contributed by atoms with Crippen LogP contribution in [0.2, 0.25) is 0 Å². The number of benzene rings is 2. The van der Waals surface area contributed by atoms with Crippen LogP contribution in [0.4, 0.5) is 11.5 Å². The van der Waals surface area contributed by atoms with Crippen molar-refractivity contribution in [1.82, 2.24) is 19.1 Å². The van der Waals surface area contributed by atoms with Gasteiger partial charge in [0, 0.05) is 36.8 Å². The molecule has 32 heavy (non-hydrogen) atoms. The molecule has 0 aliphatic heterocycles. The van der Waals surface area contributed by atoms with E-state index in [1.165, 1.54) is 6.33 Å². The number of nitrogen functional groups attached to an aromatic ring is 1. The van der Waals surface area contributed by atoms with Crippen molar-refractivity contribution < 1.29 is 9.53 Å². The van der Waals surface area contributed by atoms with E-state index in [0.29, 0.717) is 22.9 Å². The maximum Gasteiger partial charge on any atom is 0.272 e. The van der Waals surface area contributed by atoms with Crippen LogP contribution in [0.15, 0.2) is 61.1 Å². The third-order valence-corrected chi connectivity index (χ3v) is 5.73. The van der Waals surface area contributed by atoms with Crippen molar-refractivity contribution in [3.05, 3.63) is 66.7 Å². The van der Waals surface area contributed by atoms with Gasteiger partial charge in [0.05, 0.1) is 18.2 Å². The highest BCUT2D eigenvalue weighted by atomic mass is 16.5. The smallest absolute Gasteiger partial charge is 0.272 e. The first-order valence-electron chi connectivity index (χ1n) is 10.1. The van der Waals surface area contributed by atoms with Crippen molar-refractivity contribution in [3.8, 4) is 16.9 Å². The predicted molar refractivity (Wildman–Crippen MR) is 126 cm³/mol. The number of nitrogens with one attached hydrogen (secondary N) is 1. The molecule has 0 saturated carbocycles. The van der Waals surface area contributed by atoms with Crippen molar-refractivity contribution in [2.75, 3.05) is 18.2 Å². The number of carbonyl (C=O) groups is 1. The fraction of sp³-hybridized carbons (Fsp3) is 0.125. The number of ether oxygens (including phenoxy) is 1. The molecule has 160 valence electrons. The number of nitrogens with zero attached hydrogens (tertiary/aromatic N) is 4. The van der Waals surface area contributed by atoms with Gasteiger partial charge in [0.15, 0.2) is 0 Å². The minimum absolute atomic E-state index is 0.211. The van der Waals surface area contributed by atoms with Crippen LogP contribution in [0.5, 0.6) is 5.75 Å². The van der Waals surface area contributed by atoms with Crippen LogP contribution >= 0.6 is 0 Å². The molecular weight excluding hydrogens is 404 g/mol. The van der Waals surface area contributed by atoms with Gasteiger partial charge in [0.2, 0.25) is 0 Å². The van der Waals surface area contributed by atoms with Gasteiger partial charge in [-0.1, -0.05) is 24.3 Å². The van der Waals surface area contributed by atoms with Gasteiger partial charge < -0.3 is 24.9 Å². The van der Waals surface area contributed by atoms with E-state index in [4.69, 9.17) is 10.5 Å². The molecule has 0 aliphatic rings. The molecule has 3 aromatic heterocycles. The van der Waals surface area contributed by atoms with E-state index in [1.54, 1.807) is 7.11 Å². The standard InChI is InChI=1S/C24H22N6O2/c1-29-12-16(21-22(25)26-13-27-23(21)29)14-8-9-17(20(11-14)32-3)28-24(31)19-10-15-6-4-5-7-18(15)30(19)2/h4-13H,1-3H3,(H,28,31)(H2,25,26,27). The quantitative estimate of drug-likeness (QED) is 0.453. The average molecular weight is 426 g/mol. The minimum atomic E-state index is -0.211. The Labute approximate surface area is 184 Å². The number of aromatic nitrogens is 4. The number of methoxy groups -OCH3 is 1. The van der Waals surface area contributed by atoms with Crippen LogP contribution in [-0.4, -0.2) is 32.1 Å². The highest BCUT2D eigenvalue weighted by Gasteiger charge is 2.18. The lowest BCUT2D eigenvalue weighted by Crippen LogP contribution is -2.16. The summed E-state index contributed by atoms with van der Waals surface area (Å²) >= 11 is 0. The maximum atomic E-state index is 13.0. The summed E-state index contributed by atoms with van der Waals surface area (Å²) in [5.41, 5.74) is 10.8. The van der Waals surface area contributed by atoms with Crippen LogP contribution in [0.25, 0.3) is 33.1 Å². The first-order chi connectivity index (χ1) is 15.5. The molecule has 5 aromatic rings. The van der Waals surface area contributed by atoms with Gasteiger partial charge in [0.25, 0.3) is 5.91 Å². The molecule has 0 atom stereocenters. The number of anilines is 2. The molecule has 0 aliphatic carbocycles. The lowest BCUT2D eigenvalue weighted by Gasteiger charge is -2.12. The van der Waals surface area contributed by atoms with Crippen LogP contribution in [0.1, 0.15) is 10.5 Å². The summed E-state index contributed by atoms with van der Waals surface area (Å²) in [6.07, 6.45) is 3.41. The topological polar surface area (TPSA) is 100.0 Å². The lowest BCUT2D eigenvalue weighted by molar-refractivity contribution is 0.101. The number of aryl methyl sites for hydroxylation is 2. The molecule has 5 rings (SSSR count). The molecule has 0 radical (unpaired) electrons. The highest BCUT2D eigenvalue weighted by molar-refractivity contribution is 6.07. The predicted octanol–water partition coefficient (Wildman–Crippen LogP) is 3.97. The molecule has 2 aromatic carbocycles. The zero-order chi connectivity index (χ0) is 22.4. The number of fused-ring (bicyclic) bond motifs is 2. The first kappa shape index (κ1) is 19.6. The first-order valence-corrected chi connectivity index (χ1v) is 10.1. The zero-order valence-corrected chi connectivity index (χ0v) is 18.0. The van der Waals surface area contributed by atoms with Crippen LogP contribution in [0, 0.1) is 0 Å². The number of rotatable bonds is 4. The zero-order valence-electron chi connectivity index (χ0n) is 18.0. The number of carbonyl (C=O) groups excluding carboxylic acids is 1. The summed E-state index contributed by atoms with van der Waals surface area (Å²) in [5, 5.41) is 4.77. The van der Waals surface area contributed by atoms with E-state index in [2.05, 4.69) is 15.3 Å². The summed E-state index contributed by atoms with van der Waals surface area (Å²) < 4.78 is 9.38. The molecule has 0 bridgehead atoms. The highest BCUT2D eigenvalue weighted by Crippen LogP contribution is 2.36. The third kappa shape index (κ3) is 3.04. The maximum absolute atomic E-state index is 13.0. The molecule has 0 saturated heterocycles. The lowest BCUT2D eigenvalue weighted by atomic mass is 10.0. The second-order valence-electron chi connectivity index (χ2n) is 7.63. The molecule has 0 fully saturated rings. The van der Waals surface area contributed by atoms with Crippen molar-refractivity contribution in [2.45, 2.75) is 0 Å². The van der Waals surface area contributed by atoms with E-state index >= 15 is 0 Å². The second-order valence-corrected chi connectivity index (χ2v) is 7.63. The van der Waals surface area contributed by atoms with E-state index < -0.39 is 0 Å². The number of nitrogens with two attached hydrogens (primary N) is 1. The Morgan fingerprint density at radius 2 is 1.91 bits per heavy atom. The summed E-state index contributed by atoms with van der Waals surface area (Å²) in [6.45, 7) is 0. The number of hydrogen-bond donors (Lipinski definition) is 2. The average Bonchev–Trinajstić information content (AvgIpc) is 3.32. The Hall–Kier alpha value is -4.33. The molecule has 0 spiro atoms. The van der Waals surface area contributed by atoms with Crippen molar-refractivity contribution >= 4 is 39.3 Å². The largest absolute Gasteiger partial charge is 0.495 e. The molecular formula is C24H22N6O2. The fourth-order valence-electron chi connectivity index (χ4n) is 4.11. The Balaban J connectivity index is 1.52. The Morgan fingerprint density at radius 3 is 2.69 bits per heavy atom. The van der Waals surface area contributed by atoms with E-state index in [0.717, 1.165) is 33.1 Å². The summed E-state index contributed by atoms with van der Waals surface area (Å²) in [5.74, 6) is 0.748. The van der Waals surface area contributed by atoms with Crippen molar-refractivity contribution in [1.29, 1.82) is 0 Å². The minimum Gasteiger partial charge on any atom is -0.495 e. The van der Waals surface area contributed by atoms with Gasteiger partial charge in [-0.25, -0.2) is 9.97 Å². The van der Waals surface area contributed by atoms with E-state index in [1.807, 2.05) is 78.0 Å². The van der Waals surface area contributed by atoms with Gasteiger partial charge in [-0.3, -0.25) is 4.79 Å². The van der Waals surface area contributed by atoms with Gasteiger partial charge >= 0.3 is 0 Å². The second kappa shape index (κ2) is 7.42.